The Labute approximate surface area is 74.3 Å². The average molecular weight is 166 g/mol. The molecule has 4 heteroatoms. The molecule has 0 aliphatic carbocycles. The van der Waals surface area contributed by atoms with E-state index < -0.39 is 0 Å². The van der Waals surface area contributed by atoms with Crippen LogP contribution in [0.3, 0.4) is 0 Å². The third kappa shape index (κ3) is 3.09. The first-order chi connectivity index (χ1) is 5.83. The summed E-state index contributed by atoms with van der Waals surface area (Å²) in [5.74, 6) is 0. The van der Waals surface area contributed by atoms with Crippen molar-refractivity contribution >= 4 is 14.1 Å². The first kappa shape index (κ1) is 9.32. The highest BCUT2D eigenvalue weighted by atomic mass is 16.5. The van der Waals surface area contributed by atoms with Crippen molar-refractivity contribution in [1.82, 2.24) is 5.32 Å². The molecule has 1 heterocycles. The fraction of sp³-hybridized carbons (Fsp3) is 0.625. The minimum atomic E-state index is 0.491. The quantitative estimate of drug-likeness (QED) is 0.454. The summed E-state index contributed by atoms with van der Waals surface area (Å²) in [4.78, 5) is 3.92. The van der Waals surface area contributed by atoms with Gasteiger partial charge in [-0.1, -0.05) is 5.47 Å². The van der Waals surface area contributed by atoms with E-state index in [1.165, 1.54) is 0 Å². The molecule has 66 valence electrons. The molecule has 1 N–H and O–H groups in total. The highest BCUT2D eigenvalue weighted by Crippen LogP contribution is 2.02. The lowest BCUT2D eigenvalue weighted by Crippen LogP contribution is -2.24. The zero-order valence-corrected chi connectivity index (χ0v) is 7.71. The van der Waals surface area contributed by atoms with Crippen molar-refractivity contribution in [3.8, 4) is 0 Å². The summed E-state index contributed by atoms with van der Waals surface area (Å²) in [6.07, 6.45) is 4.93. The minimum Gasteiger partial charge on any atom is -0.386 e. The molecule has 1 saturated heterocycles. The van der Waals surface area contributed by atoms with Crippen LogP contribution in [0.2, 0.25) is 0 Å². The van der Waals surface area contributed by atoms with E-state index in [0.717, 1.165) is 25.1 Å². The SMILES string of the molecule is BC(/C=N\C)=C/NC1CCOC1. The normalized spacial score (nSPS) is 25.1. The average Bonchev–Trinajstić information content (AvgIpc) is 2.53. The Morgan fingerprint density at radius 1 is 1.75 bits per heavy atom. The predicted molar refractivity (Wildman–Crippen MR) is 53.4 cm³/mol. The van der Waals surface area contributed by atoms with Gasteiger partial charge in [0, 0.05) is 19.9 Å². The van der Waals surface area contributed by atoms with E-state index in [2.05, 4.69) is 10.3 Å². The van der Waals surface area contributed by atoms with Crippen LogP contribution in [0.15, 0.2) is 16.7 Å². The Kier molecular flexibility index (Phi) is 3.87. The maximum Gasteiger partial charge on any atom is 0.143 e. The Hall–Kier alpha value is -0.765. The summed E-state index contributed by atoms with van der Waals surface area (Å²) < 4.78 is 5.22. The van der Waals surface area contributed by atoms with Gasteiger partial charge in [0.25, 0.3) is 0 Å². The molecule has 0 radical (unpaired) electrons. The molecular formula is C8H15BN2O. The molecule has 0 amide bonds. The number of nitrogens with zero attached hydrogens (tertiary/aromatic N) is 1. The smallest absolute Gasteiger partial charge is 0.143 e. The van der Waals surface area contributed by atoms with Crippen LogP contribution in [0.1, 0.15) is 6.42 Å². The van der Waals surface area contributed by atoms with Crippen molar-refractivity contribution in [3.05, 3.63) is 11.7 Å². The van der Waals surface area contributed by atoms with Gasteiger partial charge in [0.2, 0.25) is 0 Å². The Balaban J connectivity index is 2.26. The molecule has 1 aliphatic rings. The van der Waals surface area contributed by atoms with Crippen molar-refractivity contribution in [1.29, 1.82) is 0 Å². The molecule has 0 spiro atoms. The summed E-state index contributed by atoms with van der Waals surface area (Å²) in [5.41, 5.74) is 1.14. The van der Waals surface area contributed by atoms with Crippen LogP contribution >= 0.6 is 0 Å². The largest absolute Gasteiger partial charge is 0.386 e. The maximum absolute atomic E-state index is 5.22. The number of hydrogen-bond acceptors (Lipinski definition) is 3. The van der Waals surface area contributed by atoms with E-state index in [9.17, 15) is 0 Å². The van der Waals surface area contributed by atoms with E-state index in [1.807, 2.05) is 20.3 Å². The number of aliphatic imine (C=N–C) groups is 1. The molecule has 0 aromatic heterocycles. The molecule has 1 fully saturated rings. The maximum atomic E-state index is 5.22. The highest BCUT2D eigenvalue weighted by molar-refractivity contribution is 6.32. The fourth-order valence-corrected chi connectivity index (χ4v) is 1.16. The number of ether oxygens (including phenoxy) is 1. The molecule has 0 saturated carbocycles. The summed E-state index contributed by atoms with van der Waals surface area (Å²) in [6, 6.07) is 0.491. The van der Waals surface area contributed by atoms with Crippen LogP contribution in [0.5, 0.6) is 0 Å². The van der Waals surface area contributed by atoms with Gasteiger partial charge in [0.05, 0.1) is 12.6 Å². The lowest BCUT2D eigenvalue weighted by Gasteiger charge is -2.07. The highest BCUT2D eigenvalue weighted by Gasteiger charge is 2.12. The molecule has 0 aromatic carbocycles. The first-order valence-corrected chi connectivity index (χ1v) is 4.25. The van der Waals surface area contributed by atoms with E-state index in [-0.39, 0.29) is 0 Å². The molecule has 0 aromatic rings. The summed E-state index contributed by atoms with van der Waals surface area (Å²) in [6.45, 7) is 1.71. The van der Waals surface area contributed by atoms with E-state index >= 15 is 0 Å². The van der Waals surface area contributed by atoms with Crippen molar-refractivity contribution in [2.75, 3.05) is 20.3 Å². The number of hydrogen-bond donors (Lipinski definition) is 1. The van der Waals surface area contributed by atoms with Gasteiger partial charge in [0.15, 0.2) is 0 Å². The van der Waals surface area contributed by atoms with Crippen molar-refractivity contribution in [2.45, 2.75) is 12.5 Å². The van der Waals surface area contributed by atoms with Crippen molar-refractivity contribution in [3.63, 3.8) is 0 Å². The second-order valence-corrected chi connectivity index (χ2v) is 3.00. The van der Waals surface area contributed by atoms with Crippen LogP contribution in [0, 0.1) is 0 Å². The zero-order chi connectivity index (χ0) is 8.81. The molecule has 1 aliphatic heterocycles. The lowest BCUT2D eigenvalue weighted by atomic mass is 9.98. The van der Waals surface area contributed by atoms with Gasteiger partial charge < -0.3 is 10.1 Å². The summed E-state index contributed by atoms with van der Waals surface area (Å²) >= 11 is 0. The van der Waals surface area contributed by atoms with Gasteiger partial charge in [-0.05, 0) is 12.6 Å². The molecular weight excluding hydrogens is 151 g/mol. The standard InChI is InChI=1S/C8H15BN2O/c1-10-4-7(9)5-11-8-2-3-12-6-8/h4-5,8,11H,2-3,6,9H2,1H3/b7-5+,10-4-. The molecule has 12 heavy (non-hydrogen) atoms. The monoisotopic (exact) mass is 166 g/mol. The van der Waals surface area contributed by atoms with E-state index in [0.29, 0.717) is 6.04 Å². The van der Waals surface area contributed by atoms with Crippen LogP contribution in [-0.2, 0) is 4.74 Å². The van der Waals surface area contributed by atoms with E-state index in [1.54, 1.807) is 7.05 Å². The van der Waals surface area contributed by atoms with Gasteiger partial charge in [0.1, 0.15) is 7.85 Å². The number of nitrogens with one attached hydrogen (secondary N) is 1. The van der Waals surface area contributed by atoms with Crippen molar-refractivity contribution in [2.24, 2.45) is 4.99 Å². The molecule has 1 atom stereocenters. The molecule has 1 rings (SSSR count). The molecule has 3 nitrogen and oxygen atoms in total. The minimum absolute atomic E-state index is 0.491. The summed E-state index contributed by atoms with van der Waals surface area (Å²) in [5, 5.41) is 3.29. The van der Waals surface area contributed by atoms with Gasteiger partial charge in [-0.25, -0.2) is 0 Å². The second kappa shape index (κ2) is 4.98. The van der Waals surface area contributed by atoms with E-state index in [4.69, 9.17) is 4.74 Å². The van der Waals surface area contributed by atoms with Gasteiger partial charge >= 0.3 is 0 Å². The topological polar surface area (TPSA) is 33.6 Å². The molecule has 0 bridgehead atoms. The van der Waals surface area contributed by atoms with Crippen LogP contribution in [0.25, 0.3) is 0 Å². The Morgan fingerprint density at radius 3 is 3.17 bits per heavy atom. The first-order valence-electron chi connectivity index (χ1n) is 4.25. The molecule has 1 unspecified atom stereocenters. The van der Waals surface area contributed by atoms with Crippen LogP contribution in [-0.4, -0.2) is 40.4 Å². The third-order valence-electron chi connectivity index (χ3n) is 1.81. The van der Waals surface area contributed by atoms with Crippen LogP contribution in [0.4, 0.5) is 0 Å². The second-order valence-electron chi connectivity index (χ2n) is 3.00. The lowest BCUT2D eigenvalue weighted by molar-refractivity contribution is 0.191. The Morgan fingerprint density at radius 2 is 2.58 bits per heavy atom. The van der Waals surface area contributed by atoms with Crippen molar-refractivity contribution < 1.29 is 4.74 Å². The zero-order valence-electron chi connectivity index (χ0n) is 7.71. The number of allylic oxidation sites excluding steroid dienone is 1. The summed E-state index contributed by atoms with van der Waals surface area (Å²) in [7, 11) is 3.80. The van der Waals surface area contributed by atoms with Gasteiger partial charge in [-0.3, -0.25) is 4.99 Å². The third-order valence-corrected chi connectivity index (χ3v) is 1.81. The number of rotatable bonds is 3. The Bertz CT molecular complexity index is 185. The van der Waals surface area contributed by atoms with Crippen LogP contribution < -0.4 is 5.32 Å². The van der Waals surface area contributed by atoms with Gasteiger partial charge in [-0.2, -0.15) is 0 Å². The predicted octanol–water partition coefficient (Wildman–Crippen LogP) is -0.460. The van der Waals surface area contributed by atoms with Gasteiger partial charge in [-0.15, -0.1) is 0 Å². The fourth-order valence-electron chi connectivity index (χ4n) is 1.16.